The van der Waals surface area contributed by atoms with Crippen molar-refractivity contribution < 1.29 is 0 Å². The third-order valence-corrected chi connectivity index (χ3v) is 4.46. The Labute approximate surface area is 130 Å². The van der Waals surface area contributed by atoms with Crippen molar-refractivity contribution in [2.45, 2.75) is 31.7 Å². The molecular weight excluding hydrogens is 282 g/mol. The van der Waals surface area contributed by atoms with Gasteiger partial charge in [-0.1, -0.05) is 35.9 Å². The normalized spacial score (nSPS) is 15.0. The quantitative estimate of drug-likeness (QED) is 0.462. The number of hydrazine groups is 1. The predicted octanol–water partition coefficient (Wildman–Crippen LogP) is 3.16. The zero-order valence-corrected chi connectivity index (χ0v) is 12.7. The van der Waals surface area contributed by atoms with Crippen LogP contribution >= 0.6 is 11.6 Å². The summed E-state index contributed by atoms with van der Waals surface area (Å²) in [7, 11) is 0. The number of fused-ring (bicyclic) bond motifs is 1. The number of hydrogen-bond acceptors (Lipinski definition) is 3. The number of aryl methyl sites for hydroxylation is 2. The highest BCUT2D eigenvalue weighted by molar-refractivity contribution is 6.30. The number of nitrogens with one attached hydrogen (secondary N) is 1. The lowest BCUT2D eigenvalue weighted by Gasteiger charge is -2.19. The number of halogens is 1. The highest BCUT2D eigenvalue weighted by atomic mass is 35.5. The van der Waals surface area contributed by atoms with Crippen LogP contribution in [0.1, 0.15) is 34.7 Å². The number of nitrogen functional groups attached to an aromatic ring is 1. The molecule has 2 aromatic carbocycles. The predicted molar refractivity (Wildman–Crippen MR) is 88.1 cm³/mol. The van der Waals surface area contributed by atoms with Crippen molar-refractivity contribution in [1.82, 2.24) is 5.43 Å². The number of nitrogens with two attached hydrogens (primary N) is 2. The van der Waals surface area contributed by atoms with Gasteiger partial charge in [0.05, 0.1) is 6.04 Å². The van der Waals surface area contributed by atoms with E-state index in [1.54, 1.807) is 6.07 Å². The lowest BCUT2D eigenvalue weighted by atomic mass is 9.96. The fourth-order valence-electron chi connectivity index (χ4n) is 3.11. The number of benzene rings is 2. The van der Waals surface area contributed by atoms with Crippen molar-refractivity contribution in [3.05, 3.63) is 63.7 Å². The molecule has 4 heteroatoms. The third kappa shape index (κ3) is 3.05. The van der Waals surface area contributed by atoms with E-state index in [2.05, 4.69) is 23.6 Å². The van der Waals surface area contributed by atoms with Gasteiger partial charge in [-0.25, -0.2) is 0 Å². The molecule has 110 valence electrons. The molecule has 5 N–H and O–H groups in total. The summed E-state index contributed by atoms with van der Waals surface area (Å²) in [4.78, 5) is 0. The van der Waals surface area contributed by atoms with E-state index in [-0.39, 0.29) is 6.04 Å². The molecule has 0 aromatic heterocycles. The Balaban J connectivity index is 1.84. The molecule has 2 aromatic rings. The minimum Gasteiger partial charge on any atom is -0.398 e. The van der Waals surface area contributed by atoms with Crippen molar-refractivity contribution in [2.75, 3.05) is 5.73 Å². The van der Waals surface area contributed by atoms with E-state index in [0.29, 0.717) is 10.7 Å². The Hall–Kier alpha value is -1.55. The third-order valence-electron chi connectivity index (χ3n) is 4.23. The van der Waals surface area contributed by atoms with Crippen LogP contribution in [-0.4, -0.2) is 0 Å². The minimum atomic E-state index is -0.0123. The monoisotopic (exact) mass is 301 g/mol. The fourth-order valence-corrected chi connectivity index (χ4v) is 3.29. The Morgan fingerprint density at radius 3 is 2.67 bits per heavy atom. The first kappa shape index (κ1) is 14.4. The molecule has 0 amide bonds. The summed E-state index contributed by atoms with van der Waals surface area (Å²) in [5.74, 6) is 5.73. The van der Waals surface area contributed by atoms with Gasteiger partial charge in [-0.15, -0.1) is 0 Å². The average Bonchev–Trinajstić information content (AvgIpc) is 2.93. The van der Waals surface area contributed by atoms with Gasteiger partial charge in [0.1, 0.15) is 0 Å². The van der Waals surface area contributed by atoms with Crippen LogP contribution in [0.2, 0.25) is 5.02 Å². The molecule has 1 atom stereocenters. The SMILES string of the molecule is NNC(Cc1ccc2c(c1)CCC2)c1ccc(Cl)cc1N. The first-order valence-corrected chi connectivity index (χ1v) is 7.67. The maximum Gasteiger partial charge on any atom is 0.0520 e. The summed E-state index contributed by atoms with van der Waals surface area (Å²) in [5, 5.41) is 0.643. The molecule has 0 bridgehead atoms. The van der Waals surface area contributed by atoms with Gasteiger partial charge in [-0.3, -0.25) is 11.3 Å². The fraction of sp³-hybridized carbons (Fsp3) is 0.294. The van der Waals surface area contributed by atoms with Crippen LogP contribution in [0.3, 0.4) is 0 Å². The van der Waals surface area contributed by atoms with Crippen LogP contribution in [0.15, 0.2) is 36.4 Å². The van der Waals surface area contributed by atoms with E-state index in [4.69, 9.17) is 23.2 Å². The summed E-state index contributed by atoms with van der Waals surface area (Å²) in [5.41, 5.74) is 14.8. The maximum absolute atomic E-state index is 6.06. The van der Waals surface area contributed by atoms with Gasteiger partial charge >= 0.3 is 0 Å². The maximum atomic E-state index is 6.06. The van der Waals surface area contributed by atoms with Crippen molar-refractivity contribution in [3.8, 4) is 0 Å². The van der Waals surface area contributed by atoms with Crippen LogP contribution in [-0.2, 0) is 19.3 Å². The molecule has 0 radical (unpaired) electrons. The van der Waals surface area contributed by atoms with Crippen LogP contribution in [0.5, 0.6) is 0 Å². The molecule has 0 aliphatic heterocycles. The second-order valence-corrected chi connectivity index (χ2v) is 6.09. The van der Waals surface area contributed by atoms with Crippen molar-refractivity contribution in [1.29, 1.82) is 0 Å². The van der Waals surface area contributed by atoms with Gasteiger partial charge in [0.25, 0.3) is 0 Å². The molecule has 0 saturated carbocycles. The van der Waals surface area contributed by atoms with Crippen molar-refractivity contribution in [2.24, 2.45) is 5.84 Å². The smallest absolute Gasteiger partial charge is 0.0520 e. The van der Waals surface area contributed by atoms with Crippen LogP contribution in [0.4, 0.5) is 5.69 Å². The lowest BCUT2D eigenvalue weighted by Crippen LogP contribution is -2.30. The molecule has 0 fully saturated rings. The molecule has 1 unspecified atom stereocenters. The molecule has 1 aliphatic carbocycles. The zero-order chi connectivity index (χ0) is 14.8. The van der Waals surface area contributed by atoms with Crippen LogP contribution < -0.4 is 17.0 Å². The molecule has 0 spiro atoms. The second kappa shape index (κ2) is 6.06. The molecule has 1 aliphatic rings. The lowest BCUT2D eigenvalue weighted by molar-refractivity contribution is 0.553. The summed E-state index contributed by atoms with van der Waals surface area (Å²) >= 11 is 5.96. The topological polar surface area (TPSA) is 64.1 Å². The zero-order valence-electron chi connectivity index (χ0n) is 11.9. The largest absolute Gasteiger partial charge is 0.398 e. The van der Waals surface area contributed by atoms with Gasteiger partial charge in [0.15, 0.2) is 0 Å². The molecule has 0 heterocycles. The number of hydrogen-bond donors (Lipinski definition) is 3. The van der Waals surface area contributed by atoms with E-state index in [0.717, 1.165) is 12.0 Å². The van der Waals surface area contributed by atoms with Gasteiger partial charge < -0.3 is 5.73 Å². The van der Waals surface area contributed by atoms with Gasteiger partial charge in [-0.2, -0.15) is 0 Å². The number of anilines is 1. The Morgan fingerprint density at radius 2 is 1.90 bits per heavy atom. The van der Waals surface area contributed by atoms with Gasteiger partial charge in [-0.05, 0) is 60.1 Å². The first-order valence-electron chi connectivity index (χ1n) is 7.29. The van der Waals surface area contributed by atoms with E-state index < -0.39 is 0 Å². The van der Waals surface area contributed by atoms with E-state index in [1.165, 1.54) is 36.0 Å². The molecule has 21 heavy (non-hydrogen) atoms. The van der Waals surface area contributed by atoms with E-state index >= 15 is 0 Å². The average molecular weight is 302 g/mol. The highest BCUT2D eigenvalue weighted by Crippen LogP contribution is 2.28. The first-order chi connectivity index (χ1) is 10.2. The Morgan fingerprint density at radius 1 is 1.10 bits per heavy atom. The van der Waals surface area contributed by atoms with Crippen LogP contribution in [0, 0.1) is 0 Å². The van der Waals surface area contributed by atoms with E-state index in [9.17, 15) is 0 Å². The highest BCUT2D eigenvalue weighted by Gasteiger charge is 2.16. The number of rotatable bonds is 4. The standard InChI is InChI=1S/C17H20ClN3/c18-14-6-7-15(16(19)10-14)17(21-20)9-11-4-5-12-2-1-3-13(12)8-11/h4-8,10,17,21H,1-3,9,19-20H2. The van der Waals surface area contributed by atoms with Crippen LogP contribution in [0.25, 0.3) is 0 Å². The second-order valence-electron chi connectivity index (χ2n) is 5.65. The summed E-state index contributed by atoms with van der Waals surface area (Å²) in [6.45, 7) is 0. The van der Waals surface area contributed by atoms with Crippen molar-refractivity contribution >= 4 is 17.3 Å². The van der Waals surface area contributed by atoms with Gasteiger partial charge in [0.2, 0.25) is 0 Å². The summed E-state index contributed by atoms with van der Waals surface area (Å²) in [6.07, 6.45) is 4.47. The van der Waals surface area contributed by atoms with Gasteiger partial charge in [0, 0.05) is 10.7 Å². The summed E-state index contributed by atoms with van der Waals surface area (Å²) < 4.78 is 0. The van der Waals surface area contributed by atoms with Crippen molar-refractivity contribution in [3.63, 3.8) is 0 Å². The van der Waals surface area contributed by atoms with E-state index in [1.807, 2.05) is 12.1 Å². The Kier molecular flexibility index (Phi) is 4.15. The molecule has 0 saturated heterocycles. The summed E-state index contributed by atoms with van der Waals surface area (Å²) in [6, 6.07) is 12.3. The Bertz CT molecular complexity index is 654. The molecule has 3 nitrogen and oxygen atoms in total. The molecule has 3 rings (SSSR count). The molecular formula is C17H20ClN3. The minimum absolute atomic E-state index is 0.0123.